The maximum atomic E-state index is 12.1. The van der Waals surface area contributed by atoms with E-state index in [1.165, 1.54) is 28.7 Å². The Hall–Kier alpha value is -2.58. The third-order valence-corrected chi connectivity index (χ3v) is 5.92. The molecule has 1 aromatic heterocycles. The first kappa shape index (κ1) is 20.2. The summed E-state index contributed by atoms with van der Waals surface area (Å²) in [7, 11) is 4.01. The van der Waals surface area contributed by atoms with Gasteiger partial charge in [0.25, 0.3) is 0 Å². The summed E-state index contributed by atoms with van der Waals surface area (Å²) in [5.41, 5.74) is 4.37. The van der Waals surface area contributed by atoms with Crippen molar-refractivity contribution < 1.29 is 4.79 Å². The normalized spacial score (nSPS) is 10.5. The van der Waals surface area contributed by atoms with Crippen LogP contribution in [0.4, 0.5) is 16.5 Å². The molecule has 0 aliphatic carbocycles. The average Bonchev–Trinajstić information content (AvgIpc) is 3.12. The van der Waals surface area contributed by atoms with E-state index in [1.807, 2.05) is 74.4 Å². The molecule has 3 aromatic rings. The van der Waals surface area contributed by atoms with Crippen molar-refractivity contribution in [1.29, 1.82) is 0 Å². The van der Waals surface area contributed by atoms with Gasteiger partial charge in [-0.2, -0.15) is 0 Å². The van der Waals surface area contributed by atoms with Crippen molar-refractivity contribution in [2.24, 2.45) is 0 Å². The summed E-state index contributed by atoms with van der Waals surface area (Å²) in [6.45, 7) is 2.56. The van der Waals surface area contributed by atoms with Crippen LogP contribution in [0.3, 0.4) is 0 Å². The fraction of sp³-hybridized carbons (Fsp3) is 0.250. The topological polar surface area (TPSA) is 70.1 Å². The molecule has 2 N–H and O–H groups in total. The van der Waals surface area contributed by atoms with Crippen molar-refractivity contribution in [3.05, 3.63) is 59.7 Å². The lowest BCUT2D eigenvalue weighted by atomic mass is 10.2. The van der Waals surface area contributed by atoms with Gasteiger partial charge in [0.05, 0.1) is 5.75 Å². The minimum Gasteiger partial charge on any atom is -0.378 e. The summed E-state index contributed by atoms with van der Waals surface area (Å²) < 4.78 is 0.764. The molecule has 0 saturated heterocycles. The number of hydrogen-bond acceptors (Lipinski definition) is 7. The maximum Gasteiger partial charge on any atom is 0.230 e. The number of nitrogens with zero attached hydrogens (tertiary/aromatic N) is 3. The molecule has 0 atom stereocenters. The van der Waals surface area contributed by atoms with Crippen molar-refractivity contribution in [2.45, 2.75) is 17.8 Å². The zero-order valence-corrected chi connectivity index (χ0v) is 17.7. The van der Waals surface area contributed by atoms with Crippen molar-refractivity contribution in [2.75, 3.05) is 30.1 Å². The second kappa shape index (κ2) is 9.57. The average molecular weight is 414 g/mol. The van der Waals surface area contributed by atoms with Gasteiger partial charge in [0.15, 0.2) is 4.34 Å². The highest BCUT2D eigenvalue weighted by molar-refractivity contribution is 8.01. The Morgan fingerprint density at radius 1 is 1.14 bits per heavy atom. The van der Waals surface area contributed by atoms with Gasteiger partial charge in [0.2, 0.25) is 11.0 Å². The number of aromatic nitrogens is 2. The highest BCUT2D eigenvalue weighted by Crippen LogP contribution is 2.27. The lowest BCUT2D eigenvalue weighted by Crippen LogP contribution is -2.24. The van der Waals surface area contributed by atoms with E-state index in [2.05, 4.69) is 20.8 Å². The van der Waals surface area contributed by atoms with Gasteiger partial charge in [-0.1, -0.05) is 47.4 Å². The van der Waals surface area contributed by atoms with Crippen LogP contribution in [-0.2, 0) is 11.3 Å². The van der Waals surface area contributed by atoms with E-state index in [0.29, 0.717) is 12.3 Å². The minimum atomic E-state index is -0.0231. The zero-order valence-electron chi connectivity index (χ0n) is 16.1. The van der Waals surface area contributed by atoms with Crippen LogP contribution in [0.2, 0.25) is 0 Å². The molecule has 6 nitrogen and oxygen atoms in total. The van der Waals surface area contributed by atoms with E-state index in [1.54, 1.807) is 0 Å². The number of benzene rings is 2. The molecular weight excluding hydrogens is 390 g/mol. The fourth-order valence-electron chi connectivity index (χ4n) is 2.46. The Morgan fingerprint density at radius 2 is 1.93 bits per heavy atom. The molecule has 0 spiro atoms. The maximum absolute atomic E-state index is 12.1. The van der Waals surface area contributed by atoms with Crippen LogP contribution < -0.4 is 15.5 Å². The molecule has 0 aliphatic heterocycles. The van der Waals surface area contributed by atoms with Gasteiger partial charge < -0.3 is 15.5 Å². The molecule has 0 unspecified atom stereocenters. The Morgan fingerprint density at radius 3 is 2.64 bits per heavy atom. The Balaban J connectivity index is 1.44. The Labute approximate surface area is 173 Å². The number of carbonyl (C=O) groups is 1. The summed E-state index contributed by atoms with van der Waals surface area (Å²) in [4.78, 5) is 14.1. The first-order chi connectivity index (χ1) is 13.5. The van der Waals surface area contributed by atoms with Gasteiger partial charge in [-0.3, -0.25) is 4.79 Å². The monoisotopic (exact) mass is 413 g/mol. The summed E-state index contributed by atoms with van der Waals surface area (Å²) in [5.74, 6) is 0.291. The second-order valence-electron chi connectivity index (χ2n) is 6.49. The van der Waals surface area contributed by atoms with Gasteiger partial charge >= 0.3 is 0 Å². The second-order valence-corrected chi connectivity index (χ2v) is 8.69. The molecule has 0 aliphatic rings. The molecule has 1 amide bonds. The molecule has 146 valence electrons. The van der Waals surface area contributed by atoms with E-state index in [0.717, 1.165) is 26.4 Å². The summed E-state index contributed by atoms with van der Waals surface area (Å²) in [6.07, 6.45) is 0. The summed E-state index contributed by atoms with van der Waals surface area (Å²) >= 11 is 2.83. The number of aryl methyl sites for hydroxylation is 1. The number of rotatable bonds is 8. The van der Waals surface area contributed by atoms with Crippen LogP contribution >= 0.6 is 23.1 Å². The molecule has 8 heteroatoms. The van der Waals surface area contributed by atoms with E-state index >= 15 is 0 Å². The zero-order chi connectivity index (χ0) is 19.9. The van der Waals surface area contributed by atoms with Gasteiger partial charge in [0, 0.05) is 32.0 Å². The van der Waals surface area contributed by atoms with Crippen LogP contribution in [-0.4, -0.2) is 36.0 Å². The fourth-order valence-corrected chi connectivity index (χ4v) is 4.06. The molecule has 0 radical (unpaired) electrons. The largest absolute Gasteiger partial charge is 0.378 e. The predicted molar refractivity (Wildman–Crippen MR) is 118 cm³/mol. The summed E-state index contributed by atoms with van der Waals surface area (Å²) in [6, 6.07) is 16.2. The van der Waals surface area contributed by atoms with Gasteiger partial charge in [-0.25, -0.2) is 0 Å². The molecule has 0 bridgehead atoms. The van der Waals surface area contributed by atoms with E-state index in [4.69, 9.17) is 0 Å². The van der Waals surface area contributed by atoms with Crippen LogP contribution in [0.1, 0.15) is 11.1 Å². The lowest BCUT2D eigenvalue weighted by Gasteiger charge is -2.12. The first-order valence-corrected chi connectivity index (χ1v) is 10.6. The molecule has 3 rings (SSSR count). The lowest BCUT2D eigenvalue weighted by molar-refractivity contribution is -0.118. The molecule has 2 aromatic carbocycles. The molecular formula is C20H23N5OS2. The molecule has 1 heterocycles. The van der Waals surface area contributed by atoms with Gasteiger partial charge in [-0.05, 0) is 42.3 Å². The highest BCUT2D eigenvalue weighted by Gasteiger charge is 2.09. The van der Waals surface area contributed by atoms with Crippen molar-refractivity contribution in [1.82, 2.24) is 15.5 Å². The number of thioether (sulfide) groups is 1. The van der Waals surface area contributed by atoms with E-state index < -0.39 is 0 Å². The van der Waals surface area contributed by atoms with Gasteiger partial charge in [0.1, 0.15) is 0 Å². The Bertz CT molecular complexity index is 924. The first-order valence-electron chi connectivity index (χ1n) is 8.82. The number of anilines is 3. The molecule has 28 heavy (non-hydrogen) atoms. The van der Waals surface area contributed by atoms with Crippen molar-refractivity contribution in [3.63, 3.8) is 0 Å². The number of carbonyl (C=O) groups excluding carboxylic acids is 1. The van der Waals surface area contributed by atoms with Crippen LogP contribution in [0, 0.1) is 6.92 Å². The van der Waals surface area contributed by atoms with Crippen LogP contribution in [0.15, 0.2) is 52.9 Å². The number of nitrogens with one attached hydrogen (secondary N) is 2. The Kier molecular flexibility index (Phi) is 6.89. The quantitative estimate of drug-likeness (QED) is 0.543. The van der Waals surface area contributed by atoms with Gasteiger partial charge in [-0.15, -0.1) is 10.2 Å². The molecule has 0 fully saturated rings. The summed E-state index contributed by atoms with van der Waals surface area (Å²) in [5, 5.41) is 15.2. The smallest absolute Gasteiger partial charge is 0.230 e. The molecule has 0 saturated carbocycles. The van der Waals surface area contributed by atoms with Crippen LogP contribution in [0.5, 0.6) is 0 Å². The van der Waals surface area contributed by atoms with Crippen LogP contribution in [0.25, 0.3) is 0 Å². The SMILES string of the molecule is Cc1cccc(Nc2nnc(SCC(=O)NCc3ccc(N(C)C)cc3)s2)c1. The number of hydrogen-bond donors (Lipinski definition) is 2. The third kappa shape index (κ3) is 5.97. The van der Waals surface area contributed by atoms with E-state index in [-0.39, 0.29) is 5.91 Å². The number of amides is 1. The minimum absolute atomic E-state index is 0.0231. The van der Waals surface area contributed by atoms with Crippen molar-refractivity contribution in [3.8, 4) is 0 Å². The van der Waals surface area contributed by atoms with Crippen molar-refractivity contribution >= 4 is 45.5 Å². The standard InChI is InChI=1S/C20H23N5OS2/c1-14-5-4-6-16(11-14)22-19-23-24-20(28-19)27-13-18(26)21-12-15-7-9-17(10-8-15)25(2)3/h4-11H,12-13H2,1-3H3,(H,21,26)(H,22,23). The van der Waals surface area contributed by atoms with E-state index in [9.17, 15) is 4.79 Å². The highest BCUT2D eigenvalue weighted by atomic mass is 32.2. The third-order valence-electron chi connectivity index (χ3n) is 3.94. The predicted octanol–water partition coefficient (Wildman–Crippen LogP) is 4.06.